The maximum atomic E-state index is 12.8. The zero-order chi connectivity index (χ0) is 19.0. The molecule has 0 aliphatic heterocycles. The van der Waals surface area contributed by atoms with Gasteiger partial charge in [-0.05, 0) is 29.3 Å². The fourth-order valence-corrected chi connectivity index (χ4v) is 2.09. The maximum absolute atomic E-state index is 12.8. The van der Waals surface area contributed by atoms with Crippen molar-refractivity contribution >= 4 is 12.2 Å². The molecule has 0 aliphatic carbocycles. The molecule has 1 N–H and O–H groups in total. The molecule has 1 amide bonds. The van der Waals surface area contributed by atoms with E-state index < -0.39 is 17.8 Å². The number of nitrogens with one attached hydrogen (secondary N) is 1. The van der Waals surface area contributed by atoms with Crippen LogP contribution in [0.4, 0.5) is 18.0 Å². The van der Waals surface area contributed by atoms with E-state index in [1.165, 1.54) is 18.2 Å². The van der Waals surface area contributed by atoms with E-state index in [0.717, 1.165) is 17.7 Å². The predicted octanol–water partition coefficient (Wildman–Crippen LogP) is 4.52. The van der Waals surface area contributed by atoms with Gasteiger partial charge in [-0.1, -0.05) is 42.5 Å². The van der Waals surface area contributed by atoms with Crippen LogP contribution < -0.4 is 5.32 Å². The van der Waals surface area contributed by atoms with Crippen molar-refractivity contribution in [2.24, 2.45) is 0 Å². The monoisotopic (exact) mass is 360 g/mol. The minimum atomic E-state index is -4.53. The average molecular weight is 360 g/mol. The molecule has 2 aromatic rings. The Labute approximate surface area is 148 Å². The molecular weight excluding hydrogens is 345 g/mol. The van der Waals surface area contributed by atoms with Crippen molar-refractivity contribution in [2.75, 3.05) is 6.54 Å². The molecule has 134 valence electrons. The fraction of sp³-hybridized carbons (Fsp3) is 0.158. The molecule has 2 rings (SSSR count). The first-order valence-corrected chi connectivity index (χ1v) is 7.62. The Morgan fingerprint density at radius 2 is 1.92 bits per heavy atom. The van der Waals surface area contributed by atoms with Crippen molar-refractivity contribution in [3.8, 4) is 6.07 Å². The summed E-state index contributed by atoms with van der Waals surface area (Å²) in [4.78, 5) is 11.6. The van der Waals surface area contributed by atoms with Crippen LogP contribution in [0.5, 0.6) is 0 Å². The van der Waals surface area contributed by atoms with Crippen LogP contribution in [0.3, 0.4) is 0 Å². The number of ether oxygens (including phenoxy) is 1. The van der Waals surface area contributed by atoms with Gasteiger partial charge in [-0.15, -0.1) is 0 Å². The smallest absolute Gasteiger partial charge is 0.416 e. The second kappa shape index (κ2) is 8.72. The SMILES string of the molecule is N#Cc1cc(C=CCNC(=O)OCc2ccccc2)cc(C(F)(F)F)c1. The van der Waals surface area contributed by atoms with Gasteiger partial charge in [0.05, 0.1) is 17.2 Å². The normalized spacial score (nSPS) is 11.2. The minimum absolute atomic E-state index is 0.0752. The van der Waals surface area contributed by atoms with Crippen LogP contribution in [-0.4, -0.2) is 12.6 Å². The Hall–Kier alpha value is -3.27. The zero-order valence-corrected chi connectivity index (χ0v) is 13.6. The highest BCUT2D eigenvalue weighted by atomic mass is 19.4. The highest BCUT2D eigenvalue weighted by Gasteiger charge is 2.31. The Morgan fingerprint density at radius 1 is 1.19 bits per heavy atom. The van der Waals surface area contributed by atoms with E-state index in [1.54, 1.807) is 6.07 Å². The molecule has 0 heterocycles. The van der Waals surface area contributed by atoms with Gasteiger partial charge < -0.3 is 10.1 Å². The van der Waals surface area contributed by atoms with E-state index in [0.29, 0.717) is 0 Å². The number of nitrogens with zero attached hydrogens (tertiary/aromatic N) is 1. The van der Waals surface area contributed by atoms with Crippen LogP contribution in [0.15, 0.2) is 54.6 Å². The second-order valence-electron chi connectivity index (χ2n) is 5.30. The number of hydrogen-bond donors (Lipinski definition) is 1. The summed E-state index contributed by atoms with van der Waals surface area (Å²) in [6, 6.07) is 13.9. The molecule has 0 aromatic heterocycles. The molecule has 0 aliphatic rings. The average Bonchev–Trinajstić information content (AvgIpc) is 2.63. The molecule has 0 saturated heterocycles. The first kappa shape index (κ1) is 19.1. The lowest BCUT2D eigenvalue weighted by Gasteiger charge is -2.08. The van der Waals surface area contributed by atoms with Crippen LogP contribution in [0.2, 0.25) is 0 Å². The van der Waals surface area contributed by atoms with Crippen molar-refractivity contribution in [2.45, 2.75) is 12.8 Å². The number of alkyl halides is 3. The predicted molar refractivity (Wildman–Crippen MR) is 89.8 cm³/mol. The number of halogens is 3. The van der Waals surface area contributed by atoms with Crippen molar-refractivity contribution in [1.29, 1.82) is 5.26 Å². The second-order valence-corrected chi connectivity index (χ2v) is 5.30. The van der Waals surface area contributed by atoms with Crippen LogP contribution in [0, 0.1) is 11.3 Å². The summed E-state index contributed by atoms with van der Waals surface area (Å²) in [5.41, 5.74) is 0.0724. The molecule has 26 heavy (non-hydrogen) atoms. The van der Waals surface area contributed by atoms with Gasteiger partial charge in [-0.3, -0.25) is 0 Å². The molecular formula is C19H15F3N2O2. The maximum Gasteiger partial charge on any atom is 0.416 e. The molecule has 0 fully saturated rings. The van der Waals surface area contributed by atoms with Crippen molar-refractivity contribution in [3.05, 3.63) is 76.9 Å². The molecule has 7 heteroatoms. The number of carbonyl (C=O) groups is 1. The molecule has 2 aromatic carbocycles. The Bertz CT molecular complexity index is 825. The van der Waals surface area contributed by atoms with Gasteiger partial charge in [0.2, 0.25) is 0 Å². The topological polar surface area (TPSA) is 62.1 Å². The van der Waals surface area contributed by atoms with Gasteiger partial charge >= 0.3 is 12.3 Å². The molecule has 0 spiro atoms. The first-order chi connectivity index (χ1) is 12.4. The van der Waals surface area contributed by atoms with E-state index in [1.807, 2.05) is 30.3 Å². The summed E-state index contributed by atoms with van der Waals surface area (Å²) >= 11 is 0. The quantitative estimate of drug-likeness (QED) is 0.853. The van der Waals surface area contributed by atoms with E-state index >= 15 is 0 Å². The van der Waals surface area contributed by atoms with Gasteiger partial charge in [-0.25, -0.2) is 4.79 Å². The van der Waals surface area contributed by atoms with Gasteiger partial charge in [0.15, 0.2) is 0 Å². The van der Waals surface area contributed by atoms with Crippen LogP contribution in [0.25, 0.3) is 6.08 Å². The summed E-state index contributed by atoms with van der Waals surface area (Å²) in [6.45, 7) is 0.196. The van der Waals surface area contributed by atoms with Gasteiger partial charge in [-0.2, -0.15) is 18.4 Å². The lowest BCUT2D eigenvalue weighted by Crippen LogP contribution is -2.24. The number of nitriles is 1. The standard InChI is InChI=1S/C19H15F3N2O2/c20-19(21,22)17-10-15(9-16(11-17)12-23)7-4-8-24-18(25)26-13-14-5-2-1-3-6-14/h1-7,9-11H,8,13H2,(H,24,25). The summed E-state index contributed by atoms with van der Waals surface area (Å²) < 4.78 is 43.4. The van der Waals surface area contributed by atoms with Crippen molar-refractivity contribution in [3.63, 3.8) is 0 Å². The van der Waals surface area contributed by atoms with Crippen LogP contribution >= 0.6 is 0 Å². The number of rotatable bonds is 5. The van der Waals surface area contributed by atoms with E-state index in [4.69, 9.17) is 10.00 Å². The number of hydrogen-bond acceptors (Lipinski definition) is 3. The van der Waals surface area contributed by atoms with Gasteiger partial charge in [0, 0.05) is 6.54 Å². The van der Waals surface area contributed by atoms with Gasteiger partial charge in [0.25, 0.3) is 0 Å². The van der Waals surface area contributed by atoms with E-state index in [2.05, 4.69) is 5.32 Å². The molecule has 0 radical (unpaired) electrons. The van der Waals surface area contributed by atoms with Crippen molar-refractivity contribution < 1.29 is 22.7 Å². The highest BCUT2D eigenvalue weighted by Crippen LogP contribution is 2.30. The number of amides is 1. The first-order valence-electron chi connectivity index (χ1n) is 7.62. The van der Waals surface area contributed by atoms with Crippen LogP contribution in [0.1, 0.15) is 22.3 Å². The Morgan fingerprint density at radius 3 is 2.58 bits per heavy atom. The number of alkyl carbamates (subject to hydrolysis) is 1. The molecule has 4 nitrogen and oxygen atoms in total. The van der Waals surface area contributed by atoms with E-state index in [-0.39, 0.29) is 24.3 Å². The third-order valence-corrected chi connectivity index (χ3v) is 3.30. The molecule has 0 bridgehead atoms. The summed E-state index contributed by atoms with van der Waals surface area (Å²) in [6.07, 6.45) is -2.30. The van der Waals surface area contributed by atoms with Crippen molar-refractivity contribution in [1.82, 2.24) is 5.32 Å². The van der Waals surface area contributed by atoms with Crippen LogP contribution in [-0.2, 0) is 17.5 Å². The Balaban J connectivity index is 1.88. The third-order valence-electron chi connectivity index (χ3n) is 3.30. The minimum Gasteiger partial charge on any atom is -0.445 e. The van der Waals surface area contributed by atoms with Gasteiger partial charge in [0.1, 0.15) is 6.61 Å². The number of benzene rings is 2. The molecule has 0 atom stereocenters. The molecule has 0 unspecified atom stereocenters. The zero-order valence-electron chi connectivity index (χ0n) is 13.6. The summed E-state index contributed by atoms with van der Waals surface area (Å²) in [5.74, 6) is 0. The highest BCUT2D eigenvalue weighted by molar-refractivity contribution is 5.67. The molecule has 0 saturated carbocycles. The largest absolute Gasteiger partial charge is 0.445 e. The Kier molecular flexibility index (Phi) is 6.39. The number of carbonyl (C=O) groups excluding carboxylic acids is 1. The van der Waals surface area contributed by atoms with E-state index in [9.17, 15) is 18.0 Å². The lowest BCUT2D eigenvalue weighted by atomic mass is 10.1. The fourth-order valence-electron chi connectivity index (χ4n) is 2.09. The third kappa shape index (κ3) is 5.98. The summed E-state index contributed by atoms with van der Waals surface area (Å²) in [7, 11) is 0. The lowest BCUT2D eigenvalue weighted by molar-refractivity contribution is -0.137. The summed E-state index contributed by atoms with van der Waals surface area (Å²) in [5, 5.41) is 11.3.